The highest BCUT2D eigenvalue weighted by molar-refractivity contribution is 6.35. The van der Waals surface area contributed by atoms with Crippen LogP contribution in [0.3, 0.4) is 0 Å². The molecule has 1 N–H and O–H groups in total. The number of nitrogens with zero attached hydrogens (tertiary/aromatic N) is 1. The standard InChI is InChI=1S/C14H16Cl2N2O/c1-2-5-17-6-8-18(9-7-17)14(19)12-10-11(15)3-4-13(12)16/h2-4,10H,1,5-9H2/p+1. The summed E-state index contributed by atoms with van der Waals surface area (Å²) in [6.45, 7) is 8.05. The fraction of sp³-hybridized carbons (Fsp3) is 0.357. The summed E-state index contributed by atoms with van der Waals surface area (Å²) in [5, 5.41) is 0.985. The number of halogens is 2. The smallest absolute Gasteiger partial charge is 0.255 e. The first-order chi connectivity index (χ1) is 9.11. The van der Waals surface area contributed by atoms with Crippen LogP contribution >= 0.6 is 23.2 Å². The maximum Gasteiger partial charge on any atom is 0.255 e. The summed E-state index contributed by atoms with van der Waals surface area (Å²) < 4.78 is 0. The van der Waals surface area contributed by atoms with E-state index in [4.69, 9.17) is 23.2 Å². The maximum absolute atomic E-state index is 12.4. The van der Waals surface area contributed by atoms with Crippen molar-refractivity contribution in [3.05, 3.63) is 46.5 Å². The zero-order valence-electron chi connectivity index (χ0n) is 10.7. The van der Waals surface area contributed by atoms with Crippen molar-refractivity contribution in [1.29, 1.82) is 0 Å². The van der Waals surface area contributed by atoms with E-state index in [1.807, 2.05) is 11.0 Å². The molecule has 0 saturated carbocycles. The van der Waals surface area contributed by atoms with Gasteiger partial charge >= 0.3 is 0 Å². The van der Waals surface area contributed by atoms with Crippen molar-refractivity contribution in [2.75, 3.05) is 32.7 Å². The summed E-state index contributed by atoms with van der Waals surface area (Å²) in [5.74, 6) is -0.0369. The third-order valence-corrected chi connectivity index (χ3v) is 3.91. The van der Waals surface area contributed by atoms with E-state index >= 15 is 0 Å². The van der Waals surface area contributed by atoms with E-state index in [1.165, 1.54) is 4.90 Å². The second-order valence-electron chi connectivity index (χ2n) is 4.66. The summed E-state index contributed by atoms with van der Waals surface area (Å²) in [4.78, 5) is 15.7. The van der Waals surface area contributed by atoms with Gasteiger partial charge in [0.2, 0.25) is 0 Å². The Bertz CT molecular complexity index is 482. The van der Waals surface area contributed by atoms with Crippen LogP contribution in [0.15, 0.2) is 30.9 Å². The number of nitrogens with one attached hydrogen (secondary N) is 1. The highest BCUT2D eigenvalue weighted by Gasteiger charge is 2.25. The van der Waals surface area contributed by atoms with Crippen molar-refractivity contribution in [3.8, 4) is 0 Å². The van der Waals surface area contributed by atoms with Gasteiger partial charge in [-0.15, -0.1) is 0 Å². The van der Waals surface area contributed by atoms with E-state index in [-0.39, 0.29) is 5.91 Å². The topological polar surface area (TPSA) is 24.8 Å². The van der Waals surface area contributed by atoms with Crippen molar-refractivity contribution in [2.45, 2.75) is 0 Å². The van der Waals surface area contributed by atoms with Crippen molar-refractivity contribution in [3.63, 3.8) is 0 Å². The quantitative estimate of drug-likeness (QED) is 0.841. The molecule has 1 fully saturated rings. The number of piperazine rings is 1. The summed E-state index contributed by atoms with van der Waals surface area (Å²) in [5.41, 5.74) is 0.487. The third-order valence-electron chi connectivity index (χ3n) is 3.35. The van der Waals surface area contributed by atoms with Gasteiger partial charge in [-0.2, -0.15) is 0 Å². The van der Waals surface area contributed by atoms with Gasteiger partial charge in [0.1, 0.15) is 0 Å². The lowest BCUT2D eigenvalue weighted by Crippen LogP contribution is -3.14. The van der Waals surface area contributed by atoms with Gasteiger partial charge in [0.15, 0.2) is 0 Å². The van der Waals surface area contributed by atoms with E-state index in [0.717, 1.165) is 32.7 Å². The predicted octanol–water partition coefficient (Wildman–Crippen LogP) is 1.52. The van der Waals surface area contributed by atoms with E-state index < -0.39 is 0 Å². The highest BCUT2D eigenvalue weighted by atomic mass is 35.5. The molecule has 2 rings (SSSR count). The van der Waals surface area contributed by atoms with Crippen LogP contribution in [0, 0.1) is 0 Å². The van der Waals surface area contributed by atoms with Crippen LogP contribution in [0.5, 0.6) is 0 Å². The average Bonchev–Trinajstić information content (AvgIpc) is 2.42. The molecular formula is C14H17Cl2N2O+. The van der Waals surface area contributed by atoms with Crippen LogP contribution < -0.4 is 4.90 Å². The minimum absolute atomic E-state index is 0.0369. The Balaban J connectivity index is 2.05. The molecule has 1 aliphatic rings. The number of hydrogen-bond acceptors (Lipinski definition) is 1. The summed E-state index contributed by atoms with van der Waals surface area (Å²) in [6, 6.07) is 4.98. The Labute approximate surface area is 123 Å². The molecular weight excluding hydrogens is 283 g/mol. The fourth-order valence-electron chi connectivity index (χ4n) is 2.27. The Morgan fingerprint density at radius 3 is 2.68 bits per heavy atom. The molecule has 0 spiro atoms. The first-order valence-corrected chi connectivity index (χ1v) is 7.06. The third kappa shape index (κ3) is 3.50. The normalized spacial score (nSPS) is 16.4. The molecule has 0 bridgehead atoms. The van der Waals surface area contributed by atoms with E-state index in [1.54, 1.807) is 18.2 Å². The molecule has 0 atom stereocenters. The molecule has 1 amide bonds. The molecule has 0 aromatic heterocycles. The van der Waals surface area contributed by atoms with Gasteiger partial charge in [-0.05, 0) is 24.3 Å². The summed E-state index contributed by atoms with van der Waals surface area (Å²) in [6.07, 6.45) is 1.92. The predicted molar refractivity (Wildman–Crippen MR) is 78.1 cm³/mol. The molecule has 3 nitrogen and oxygen atoms in total. The maximum atomic E-state index is 12.4. The Morgan fingerprint density at radius 1 is 1.37 bits per heavy atom. The number of carbonyl (C=O) groups is 1. The number of benzene rings is 1. The SMILES string of the molecule is C=CC[NH+]1CCN(C(=O)c2cc(Cl)ccc2Cl)CC1. The molecule has 1 aromatic carbocycles. The molecule has 1 saturated heterocycles. The Morgan fingerprint density at radius 2 is 2.05 bits per heavy atom. The molecule has 5 heteroatoms. The van der Waals surface area contributed by atoms with Crippen molar-refractivity contribution in [1.82, 2.24) is 4.90 Å². The highest BCUT2D eigenvalue weighted by Crippen LogP contribution is 2.22. The van der Waals surface area contributed by atoms with E-state index in [2.05, 4.69) is 6.58 Å². The number of hydrogen-bond donors (Lipinski definition) is 1. The lowest BCUT2D eigenvalue weighted by atomic mass is 10.2. The van der Waals surface area contributed by atoms with Gasteiger partial charge < -0.3 is 9.80 Å². The van der Waals surface area contributed by atoms with Crippen LogP contribution in [0.2, 0.25) is 10.0 Å². The second-order valence-corrected chi connectivity index (χ2v) is 5.50. The van der Waals surface area contributed by atoms with Crippen molar-refractivity contribution < 1.29 is 9.69 Å². The molecule has 19 heavy (non-hydrogen) atoms. The molecule has 1 aliphatic heterocycles. The fourth-order valence-corrected chi connectivity index (χ4v) is 2.64. The summed E-state index contributed by atoms with van der Waals surface area (Å²) >= 11 is 12.0. The second kappa shape index (κ2) is 6.42. The number of quaternary nitrogens is 1. The lowest BCUT2D eigenvalue weighted by Gasteiger charge is -2.31. The Hall–Kier alpha value is -1.03. The van der Waals surface area contributed by atoms with E-state index in [9.17, 15) is 4.79 Å². The molecule has 0 aliphatic carbocycles. The van der Waals surface area contributed by atoms with Crippen LogP contribution in [0.1, 0.15) is 10.4 Å². The van der Waals surface area contributed by atoms with Gasteiger partial charge in [0, 0.05) is 5.02 Å². The summed E-state index contributed by atoms with van der Waals surface area (Å²) in [7, 11) is 0. The molecule has 1 aromatic rings. The zero-order chi connectivity index (χ0) is 13.8. The zero-order valence-corrected chi connectivity index (χ0v) is 12.2. The van der Waals surface area contributed by atoms with Gasteiger partial charge in [-0.1, -0.05) is 29.8 Å². The van der Waals surface area contributed by atoms with Gasteiger partial charge in [-0.25, -0.2) is 0 Å². The van der Waals surface area contributed by atoms with Crippen molar-refractivity contribution >= 4 is 29.1 Å². The van der Waals surface area contributed by atoms with Gasteiger partial charge in [0.25, 0.3) is 5.91 Å². The molecule has 1 heterocycles. The lowest BCUT2D eigenvalue weighted by molar-refractivity contribution is -0.898. The van der Waals surface area contributed by atoms with Crippen molar-refractivity contribution in [2.24, 2.45) is 0 Å². The van der Waals surface area contributed by atoms with Gasteiger partial charge in [-0.3, -0.25) is 4.79 Å². The molecule has 102 valence electrons. The largest absolute Gasteiger partial charge is 0.329 e. The number of carbonyl (C=O) groups excluding carboxylic acids is 1. The van der Waals surface area contributed by atoms with Crippen LogP contribution in [0.25, 0.3) is 0 Å². The van der Waals surface area contributed by atoms with E-state index in [0.29, 0.717) is 15.6 Å². The monoisotopic (exact) mass is 299 g/mol. The minimum atomic E-state index is -0.0369. The van der Waals surface area contributed by atoms with Gasteiger partial charge in [0.05, 0.1) is 43.3 Å². The number of rotatable bonds is 3. The first-order valence-electron chi connectivity index (χ1n) is 6.30. The van der Waals surface area contributed by atoms with Crippen LogP contribution in [0.4, 0.5) is 0 Å². The first kappa shape index (κ1) is 14.4. The molecule has 0 radical (unpaired) electrons. The van der Waals surface area contributed by atoms with Crippen LogP contribution in [-0.4, -0.2) is 43.5 Å². The Kier molecular flexibility index (Phi) is 4.86. The average molecular weight is 300 g/mol. The minimum Gasteiger partial charge on any atom is -0.329 e. The van der Waals surface area contributed by atoms with Crippen LogP contribution in [-0.2, 0) is 0 Å². The molecule has 0 unspecified atom stereocenters. The number of amides is 1.